The highest BCUT2D eigenvalue weighted by Gasteiger charge is 2.27. The summed E-state index contributed by atoms with van der Waals surface area (Å²) in [6, 6.07) is 8.65. The van der Waals surface area contributed by atoms with E-state index in [0.717, 1.165) is 23.4 Å². The Labute approximate surface area is 125 Å². The summed E-state index contributed by atoms with van der Waals surface area (Å²) in [5.41, 5.74) is 5.58. The number of nitrogens with zero attached hydrogens (tertiary/aromatic N) is 2. The molecule has 1 amide bonds. The van der Waals surface area contributed by atoms with Crippen LogP contribution in [0.25, 0.3) is 0 Å². The molecule has 21 heavy (non-hydrogen) atoms. The molecular weight excluding hydrogens is 262 g/mol. The molecule has 0 aliphatic carbocycles. The maximum absolute atomic E-state index is 12.7. The fourth-order valence-electron chi connectivity index (χ4n) is 3.10. The number of aromatic amines is 1. The number of hydrogen-bond donors (Lipinski definition) is 1. The number of fused-ring (bicyclic) bond motifs is 1. The molecule has 4 heteroatoms. The van der Waals surface area contributed by atoms with Crippen molar-refractivity contribution in [1.82, 2.24) is 15.1 Å². The largest absolute Gasteiger partial charge is 0.335 e. The summed E-state index contributed by atoms with van der Waals surface area (Å²) in [6.07, 6.45) is 1.37. The zero-order valence-corrected chi connectivity index (χ0v) is 12.8. The third-order valence-corrected chi connectivity index (χ3v) is 4.44. The van der Waals surface area contributed by atoms with Gasteiger partial charge in [-0.15, -0.1) is 0 Å². The summed E-state index contributed by atoms with van der Waals surface area (Å²) < 4.78 is 0. The van der Waals surface area contributed by atoms with E-state index >= 15 is 0 Å². The molecule has 1 aromatic carbocycles. The van der Waals surface area contributed by atoms with Crippen molar-refractivity contribution in [3.8, 4) is 0 Å². The predicted molar refractivity (Wildman–Crippen MR) is 81.9 cm³/mol. The first kappa shape index (κ1) is 13.9. The Morgan fingerprint density at radius 2 is 2.05 bits per heavy atom. The van der Waals surface area contributed by atoms with Crippen LogP contribution >= 0.6 is 0 Å². The molecule has 1 aliphatic heterocycles. The minimum atomic E-state index is 0.185. The van der Waals surface area contributed by atoms with Gasteiger partial charge in [0.2, 0.25) is 5.91 Å². The standard InChI is InChI=1S/C17H21N3O/c1-11-8-14-6-4-5-7-15(14)10-20(11)17(21)9-16-12(2)18-19-13(16)3/h4-7,11H,8-10H2,1-3H3,(H,18,19). The van der Waals surface area contributed by atoms with Gasteiger partial charge in [0.15, 0.2) is 0 Å². The summed E-state index contributed by atoms with van der Waals surface area (Å²) in [4.78, 5) is 14.7. The van der Waals surface area contributed by atoms with Crippen molar-refractivity contribution in [2.75, 3.05) is 0 Å². The Balaban J connectivity index is 1.80. The normalized spacial score (nSPS) is 17.7. The summed E-state index contributed by atoms with van der Waals surface area (Å²) in [5.74, 6) is 0.185. The molecule has 3 rings (SSSR count). The van der Waals surface area contributed by atoms with Crippen LogP contribution in [0.15, 0.2) is 24.3 Å². The molecular formula is C17H21N3O. The predicted octanol–water partition coefficient (Wildman–Crippen LogP) is 2.54. The molecule has 0 radical (unpaired) electrons. The summed E-state index contributed by atoms with van der Waals surface area (Å²) >= 11 is 0. The molecule has 0 saturated heterocycles. The average Bonchev–Trinajstić information content (AvgIpc) is 2.78. The fraction of sp³-hybridized carbons (Fsp3) is 0.412. The third-order valence-electron chi connectivity index (χ3n) is 4.44. The maximum atomic E-state index is 12.7. The van der Waals surface area contributed by atoms with Gasteiger partial charge in [0.1, 0.15) is 0 Å². The van der Waals surface area contributed by atoms with Gasteiger partial charge in [-0.3, -0.25) is 9.89 Å². The van der Waals surface area contributed by atoms with Crippen molar-refractivity contribution in [3.05, 3.63) is 52.3 Å². The number of benzene rings is 1. The van der Waals surface area contributed by atoms with Gasteiger partial charge < -0.3 is 4.90 Å². The van der Waals surface area contributed by atoms with Crippen LogP contribution in [0, 0.1) is 13.8 Å². The fourth-order valence-corrected chi connectivity index (χ4v) is 3.10. The van der Waals surface area contributed by atoms with Crippen LogP contribution in [0.1, 0.15) is 35.0 Å². The Kier molecular flexibility index (Phi) is 3.53. The zero-order valence-electron chi connectivity index (χ0n) is 12.8. The minimum absolute atomic E-state index is 0.185. The van der Waals surface area contributed by atoms with E-state index in [0.29, 0.717) is 13.0 Å². The lowest BCUT2D eigenvalue weighted by Gasteiger charge is -2.35. The number of hydrogen-bond acceptors (Lipinski definition) is 2. The lowest BCUT2D eigenvalue weighted by Crippen LogP contribution is -2.43. The molecule has 110 valence electrons. The Morgan fingerprint density at radius 3 is 2.71 bits per heavy atom. The Morgan fingerprint density at radius 1 is 1.33 bits per heavy atom. The van der Waals surface area contributed by atoms with E-state index in [1.807, 2.05) is 24.8 Å². The van der Waals surface area contributed by atoms with Gasteiger partial charge in [-0.2, -0.15) is 5.10 Å². The van der Waals surface area contributed by atoms with Crippen molar-refractivity contribution < 1.29 is 4.79 Å². The van der Waals surface area contributed by atoms with Crippen LogP contribution in [0.4, 0.5) is 0 Å². The molecule has 2 aromatic rings. The SMILES string of the molecule is Cc1n[nH]c(C)c1CC(=O)N1Cc2ccccc2CC1C. The van der Waals surface area contributed by atoms with Crippen LogP contribution in [0.3, 0.4) is 0 Å². The van der Waals surface area contributed by atoms with Crippen LogP contribution in [-0.4, -0.2) is 27.0 Å². The van der Waals surface area contributed by atoms with Gasteiger partial charge in [0.05, 0.1) is 12.1 Å². The first-order chi connectivity index (χ1) is 10.1. The average molecular weight is 283 g/mol. The number of aromatic nitrogens is 2. The Hall–Kier alpha value is -2.10. The highest BCUT2D eigenvalue weighted by atomic mass is 16.2. The summed E-state index contributed by atoms with van der Waals surface area (Å²) in [7, 11) is 0. The molecule has 0 spiro atoms. The van der Waals surface area contributed by atoms with E-state index in [1.54, 1.807) is 0 Å². The molecule has 2 heterocycles. The van der Waals surface area contributed by atoms with Crippen molar-refractivity contribution >= 4 is 5.91 Å². The molecule has 0 bridgehead atoms. The topological polar surface area (TPSA) is 49.0 Å². The van der Waals surface area contributed by atoms with Crippen molar-refractivity contribution in [3.63, 3.8) is 0 Å². The molecule has 1 aliphatic rings. The lowest BCUT2D eigenvalue weighted by atomic mass is 9.94. The molecule has 1 N–H and O–H groups in total. The number of aryl methyl sites for hydroxylation is 2. The van der Waals surface area contributed by atoms with Gasteiger partial charge in [0, 0.05) is 23.8 Å². The van der Waals surface area contributed by atoms with E-state index in [1.165, 1.54) is 11.1 Å². The quantitative estimate of drug-likeness (QED) is 0.920. The monoisotopic (exact) mass is 283 g/mol. The molecule has 0 fully saturated rings. The summed E-state index contributed by atoms with van der Waals surface area (Å²) in [6.45, 7) is 6.76. The molecule has 1 aromatic heterocycles. The second-order valence-corrected chi connectivity index (χ2v) is 5.93. The molecule has 1 atom stereocenters. The van der Waals surface area contributed by atoms with E-state index in [4.69, 9.17) is 0 Å². The van der Waals surface area contributed by atoms with Crippen LogP contribution in [0.2, 0.25) is 0 Å². The number of rotatable bonds is 2. The van der Waals surface area contributed by atoms with Gasteiger partial charge in [-0.1, -0.05) is 24.3 Å². The van der Waals surface area contributed by atoms with Crippen molar-refractivity contribution in [2.45, 2.75) is 46.2 Å². The van der Waals surface area contributed by atoms with Crippen molar-refractivity contribution in [2.24, 2.45) is 0 Å². The first-order valence-electron chi connectivity index (χ1n) is 7.43. The molecule has 1 unspecified atom stereocenters. The number of H-pyrrole nitrogens is 1. The van der Waals surface area contributed by atoms with Gasteiger partial charge >= 0.3 is 0 Å². The zero-order chi connectivity index (χ0) is 15.0. The number of amides is 1. The number of nitrogens with one attached hydrogen (secondary N) is 1. The highest BCUT2D eigenvalue weighted by molar-refractivity contribution is 5.80. The van der Waals surface area contributed by atoms with E-state index in [9.17, 15) is 4.79 Å². The third kappa shape index (κ3) is 2.58. The van der Waals surface area contributed by atoms with Gasteiger partial charge in [-0.25, -0.2) is 0 Å². The Bertz CT molecular complexity index is 655. The second-order valence-electron chi connectivity index (χ2n) is 5.93. The van der Waals surface area contributed by atoms with Crippen LogP contribution < -0.4 is 0 Å². The molecule has 0 saturated carbocycles. The van der Waals surface area contributed by atoms with E-state index in [2.05, 4.69) is 35.3 Å². The molecule has 4 nitrogen and oxygen atoms in total. The van der Waals surface area contributed by atoms with Gasteiger partial charge in [-0.05, 0) is 38.3 Å². The van der Waals surface area contributed by atoms with E-state index < -0.39 is 0 Å². The van der Waals surface area contributed by atoms with Crippen LogP contribution in [0.5, 0.6) is 0 Å². The minimum Gasteiger partial charge on any atom is -0.335 e. The second kappa shape index (κ2) is 5.35. The maximum Gasteiger partial charge on any atom is 0.227 e. The highest BCUT2D eigenvalue weighted by Crippen LogP contribution is 2.24. The van der Waals surface area contributed by atoms with Crippen molar-refractivity contribution in [1.29, 1.82) is 0 Å². The lowest BCUT2D eigenvalue weighted by molar-refractivity contribution is -0.133. The van der Waals surface area contributed by atoms with Gasteiger partial charge in [0.25, 0.3) is 0 Å². The smallest absolute Gasteiger partial charge is 0.227 e. The number of carbonyl (C=O) groups excluding carboxylic acids is 1. The van der Waals surface area contributed by atoms with E-state index in [-0.39, 0.29) is 11.9 Å². The summed E-state index contributed by atoms with van der Waals surface area (Å²) in [5, 5.41) is 7.12. The van der Waals surface area contributed by atoms with Crippen LogP contribution in [-0.2, 0) is 24.2 Å². The number of carbonyl (C=O) groups is 1. The first-order valence-corrected chi connectivity index (χ1v) is 7.43.